The van der Waals surface area contributed by atoms with E-state index in [2.05, 4.69) is 22.4 Å². The van der Waals surface area contributed by atoms with Crippen LogP contribution < -0.4 is 10.5 Å². The van der Waals surface area contributed by atoms with Crippen molar-refractivity contribution in [2.75, 3.05) is 11.9 Å². The molecule has 3 rings (SSSR count). The van der Waals surface area contributed by atoms with E-state index in [-0.39, 0.29) is 4.90 Å². The zero-order chi connectivity index (χ0) is 18.7. The molecule has 2 aromatic carbocycles. The number of anilines is 1. The first kappa shape index (κ1) is 18.2. The highest BCUT2D eigenvalue weighted by atomic mass is 32.2. The molecule has 0 saturated carbocycles. The van der Waals surface area contributed by atoms with Gasteiger partial charge < -0.3 is 9.88 Å². The summed E-state index contributed by atoms with van der Waals surface area (Å²) in [4.78, 5) is 4.50. The molecule has 6 nitrogen and oxygen atoms in total. The number of aryl methyl sites for hydroxylation is 1. The summed E-state index contributed by atoms with van der Waals surface area (Å²) in [5, 5.41) is 8.77. The van der Waals surface area contributed by atoms with Crippen molar-refractivity contribution < 1.29 is 8.42 Å². The van der Waals surface area contributed by atoms with E-state index in [4.69, 9.17) is 5.14 Å². The summed E-state index contributed by atoms with van der Waals surface area (Å²) in [7, 11) is -1.93. The molecular weight excluding hydrogens is 348 g/mol. The molecule has 1 heterocycles. The van der Waals surface area contributed by atoms with Crippen molar-refractivity contribution in [1.29, 1.82) is 0 Å². The molecule has 1 aromatic heterocycles. The van der Waals surface area contributed by atoms with Crippen molar-refractivity contribution in [1.82, 2.24) is 9.55 Å². The SMILES string of the molecule is Cc1c(S(N)(=O)=O)ccc(NCCc2ccccc2)c1-c1cn(C)cn1. The molecule has 0 spiro atoms. The molecule has 0 aliphatic rings. The van der Waals surface area contributed by atoms with Gasteiger partial charge in [0.25, 0.3) is 0 Å². The van der Waals surface area contributed by atoms with E-state index in [9.17, 15) is 8.42 Å². The second-order valence-electron chi connectivity index (χ2n) is 6.24. The largest absolute Gasteiger partial charge is 0.384 e. The van der Waals surface area contributed by atoms with Gasteiger partial charge in [-0.2, -0.15) is 0 Å². The molecule has 0 bridgehead atoms. The van der Waals surface area contributed by atoms with Crippen molar-refractivity contribution in [3.63, 3.8) is 0 Å². The molecule has 0 unspecified atom stereocenters. The summed E-state index contributed by atoms with van der Waals surface area (Å²) < 4.78 is 25.6. The van der Waals surface area contributed by atoms with Gasteiger partial charge >= 0.3 is 0 Å². The third kappa shape index (κ3) is 3.95. The van der Waals surface area contributed by atoms with Gasteiger partial charge in [-0.1, -0.05) is 30.3 Å². The van der Waals surface area contributed by atoms with Crippen LogP contribution in [0.15, 0.2) is 59.9 Å². The molecule has 0 atom stereocenters. The Balaban J connectivity index is 1.95. The lowest BCUT2D eigenvalue weighted by atomic mass is 10.0. The number of hydrogen-bond acceptors (Lipinski definition) is 4. The van der Waals surface area contributed by atoms with E-state index < -0.39 is 10.0 Å². The topological polar surface area (TPSA) is 90.0 Å². The summed E-state index contributed by atoms with van der Waals surface area (Å²) in [6, 6.07) is 13.5. The molecule has 7 heteroatoms. The van der Waals surface area contributed by atoms with Gasteiger partial charge in [0.1, 0.15) is 0 Å². The van der Waals surface area contributed by atoms with Gasteiger partial charge in [0.15, 0.2) is 0 Å². The average molecular weight is 370 g/mol. The van der Waals surface area contributed by atoms with Crippen LogP contribution in [0.25, 0.3) is 11.3 Å². The highest BCUT2D eigenvalue weighted by Crippen LogP contribution is 2.33. The monoisotopic (exact) mass is 370 g/mol. The minimum atomic E-state index is -3.80. The second kappa shape index (κ2) is 7.31. The van der Waals surface area contributed by atoms with Gasteiger partial charge in [0.05, 0.1) is 16.9 Å². The average Bonchev–Trinajstić information content (AvgIpc) is 3.01. The molecule has 3 aromatic rings. The number of rotatable bonds is 6. The van der Waals surface area contributed by atoms with E-state index in [0.29, 0.717) is 11.3 Å². The predicted molar refractivity (Wildman–Crippen MR) is 103 cm³/mol. The molecule has 0 radical (unpaired) electrons. The molecule has 136 valence electrons. The number of aromatic nitrogens is 2. The number of primary sulfonamides is 1. The van der Waals surface area contributed by atoms with Crippen LogP contribution in [0, 0.1) is 6.92 Å². The number of hydrogen-bond donors (Lipinski definition) is 2. The zero-order valence-corrected chi connectivity index (χ0v) is 15.6. The van der Waals surface area contributed by atoms with Gasteiger partial charge in [-0.05, 0) is 36.6 Å². The molecule has 3 N–H and O–H groups in total. The standard InChI is InChI=1S/C19H22N4O2S/c1-14-18(26(20,24)25)9-8-16(19(14)17-12-23(2)13-22-17)21-11-10-15-6-4-3-5-7-15/h3-9,12-13,21H,10-11H2,1-2H3,(H2,20,24,25). The van der Waals surface area contributed by atoms with Crippen molar-refractivity contribution in [2.45, 2.75) is 18.2 Å². The molecule has 0 aliphatic heterocycles. The van der Waals surface area contributed by atoms with Crippen molar-refractivity contribution in [3.05, 3.63) is 66.1 Å². The first-order valence-electron chi connectivity index (χ1n) is 8.29. The van der Waals surface area contributed by atoms with Crippen LogP contribution in [-0.4, -0.2) is 24.5 Å². The first-order valence-corrected chi connectivity index (χ1v) is 9.83. The number of nitrogens with zero attached hydrogens (tertiary/aromatic N) is 2. The van der Waals surface area contributed by atoms with Crippen molar-refractivity contribution >= 4 is 15.7 Å². The highest BCUT2D eigenvalue weighted by Gasteiger charge is 2.19. The maximum Gasteiger partial charge on any atom is 0.238 e. The van der Waals surface area contributed by atoms with Gasteiger partial charge in [-0.25, -0.2) is 18.5 Å². The summed E-state index contributed by atoms with van der Waals surface area (Å²) in [6.45, 7) is 2.48. The normalized spacial score (nSPS) is 11.5. The summed E-state index contributed by atoms with van der Waals surface area (Å²) in [5.41, 5.74) is 4.13. The number of imidazole rings is 1. The van der Waals surface area contributed by atoms with E-state index in [0.717, 1.165) is 24.2 Å². The molecule has 0 fully saturated rings. The van der Waals surface area contributed by atoms with Crippen LogP contribution in [0.1, 0.15) is 11.1 Å². The lowest BCUT2D eigenvalue weighted by Gasteiger charge is -2.16. The van der Waals surface area contributed by atoms with Gasteiger partial charge in [-0.3, -0.25) is 0 Å². The third-order valence-corrected chi connectivity index (χ3v) is 5.31. The Labute approximate surface area is 153 Å². The number of sulfonamides is 1. The molecular formula is C19H22N4O2S. The zero-order valence-electron chi connectivity index (χ0n) is 14.8. The summed E-state index contributed by atoms with van der Waals surface area (Å²) in [5.74, 6) is 0. The Morgan fingerprint density at radius 3 is 2.50 bits per heavy atom. The fraction of sp³-hybridized carbons (Fsp3) is 0.211. The van der Waals surface area contributed by atoms with Gasteiger partial charge in [0.2, 0.25) is 10.0 Å². The summed E-state index contributed by atoms with van der Waals surface area (Å²) >= 11 is 0. The van der Waals surface area contributed by atoms with E-state index in [1.165, 1.54) is 5.56 Å². The van der Waals surface area contributed by atoms with Crippen LogP contribution in [0.4, 0.5) is 5.69 Å². The van der Waals surface area contributed by atoms with Crippen molar-refractivity contribution in [3.8, 4) is 11.3 Å². The Morgan fingerprint density at radius 2 is 1.88 bits per heavy atom. The van der Waals surface area contributed by atoms with Crippen LogP contribution in [0.2, 0.25) is 0 Å². The second-order valence-corrected chi connectivity index (χ2v) is 7.77. The lowest BCUT2D eigenvalue weighted by molar-refractivity contribution is 0.597. The van der Waals surface area contributed by atoms with Crippen LogP contribution in [0.5, 0.6) is 0 Å². The van der Waals surface area contributed by atoms with Crippen LogP contribution in [0.3, 0.4) is 0 Å². The van der Waals surface area contributed by atoms with E-state index in [1.807, 2.05) is 36.0 Å². The van der Waals surface area contributed by atoms with Gasteiger partial charge in [0, 0.05) is 31.0 Å². The first-order chi connectivity index (χ1) is 12.4. The Kier molecular flexibility index (Phi) is 5.11. The highest BCUT2D eigenvalue weighted by molar-refractivity contribution is 7.89. The fourth-order valence-corrected chi connectivity index (χ4v) is 3.79. The Hall–Kier alpha value is -2.64. The van der Waals surface area contributed by atoms with Crippen LogP contribution in [-0.2, 0) is 23.5 Å². The van der Waals surface area contributed by atoms with Gasteiger partial charge in [-0.15, -0.1) is 0 Å². The predicted octanol–water partition coefficient (Wildman–Crippen LogP) is 2.70. The number of benzene rings is 2. The van der Waals surface area contributed by atoms with E-state index >= 15 is 0 Å². The molecule has 0 amide bonds. The number of nitrogens with two attached hydrogens (primary N) is 1. The molecule has 0 aliphatic carbocycles. The minimum Gasteiger partial charge on any atom is -0.384 e. The van der Waals surface area contributed by atoms with E-state index in [1.54, 1.807) is 25.4 Å². The Bertz CT molecular complexity index is 1010. The van der Waals surface area contributed by atoms with Crippen molar-refractivity contribution in [2.24, 2.45) is 12.2 Å². The minimum absolute atomic E-state index is 0.117. The Morgan fingerprint density at radius 1 is 1.15 bits per heavy atom. The number of nitrogens with one attached hydrogen (secondary N) is 1. The molecule has 26 heavy (non-hydrogen) atoms. The van der Waals surface area contributed by atoms with Crippen LogP contribution >= 0.6 is 0 Å². The third-order valence-electron chi connectivity index (χ3n) is 4.25. The quantitative estimate of drug-likeness (QED) is 0.698. The maximum absolute atomic E-state index is 11.9. The summed E-state index contributed by atoms with van der Waals surface area (Å²) in [6.07, 6.45) is 4.41. The maximum atomic E-state index is 11.9. The molecule has 0 saturated heterocycles. The smallest absolute Gasteiger partial charge is 0.238 e. The fourth-order valence-electron chi connectivity index (χ4n) is 3.01. The lowest BCUT2D eigenvalue weighted by Crippen LogP contribution is -2.15.